The lowest BCUT2D eigenvalue weighted by atomic mass is 10.1. The minimum atomic E-state index is 0.509. The molecule has 0 aliphatic rings. The van der Waals surface area contributed by atoms with Crippen molar-refractivity contribution in [2.75, 3.05) is 6.54 Å². The average molecular weight is 407 g/mol. The highest BCUT2D eigenvalue weighted by Gasteiger charge is 2.12. The molecule has 4 rings (SSSR count). The first kappa shape index (κ1) is 20.2. The second-order valence-electron chi connectivity index (χ2n) is 7.06. The molecule has 0 saturated heterocycles. The minimum absolute atomic E-state index is 0.509. The predicted octanol–water partition coefficient (Wildman–Crippen LogP) is 4.68. The lowest BCUT2D eigenvalue weighted by molar-refractivity contribution is 0.483. The van der Waals surface area contributed by atoms with E-state index in [-0.39, 0.29) is 0 Å². The van der Waals surface area contributed by atoms with Crippen LogP contribution in [0.4, 0.5) is 0 Å². The van der Waals surface area contributed by atoms with Crippen LogP contribution in [0.3, 0.4) is 0 Å². The largest absolute Gasteiger partial charge is 0.456 e. The third-order valence-corrected chi connectivity index (χ3v) is 4.73. The number of pyridine rings is 3. The molecule has 2 N–H and O–H groups in total. The molecule has 3 aromatic heterocycles. The van der Waals surface area contributed by atoms with Gasteiger partial charge in [-0.1, -0.05) is 12.1 Å². The van der Waals surface area contributed by atoms with Crippen molar-refractivity contribution in [3.05, 3.63) is 89.9 Å². The molecule has 31 heavy (non-hydrogen) atoms. The Hall–Kier alpha value is -4.08. The van der Waals surface area contributed by atoms with E-state index in [0.29, 0.717) is 23.6 Å². The van der Waals surface area contributed by atoms with Crippen molar-refractivity contribution >= 4 is 0 Å². The Morgan fingerprint density at radius 1 is 0.968 bits per heavy atom. The van der Waals surface area contributed by atoms with Gasteiger partial charge in [0, 0.05) is 35.8 Å². The van der Waals surface area contributed by atoms with Crippen LogP contribution in [0.1, 0.15) is 16.8 Å². The first-order chi connectivity index (χ1) is 15.2. The first-order valence-corrected chi connectivity index (χ1v) is 9.94. The summed E-state index contributed by atoms with van der Waals surface area (Å²) in [4.78, 5) is 13.5. The molecule has 0 amide bonds. The summed E-state index contributed by atoms with van der Waals surface area (Å²) in [5.74, 6) is 1.17. The molecule has 0 unspecified atom stereocenters. The highest BCUT2D eigenvalue weighted by atomic mass is 16.5. The summed E-state index contributed by atoms with van der Waals surface area (Å²) < 4.78 is 6.25. The number of hydrogen-bond acceptors (Lipinski definition) is 6. The van der Waals surface area contributed by atoms with E-state index in [1.54, 1.807) is 18.3 Å². The van der Waals surface area contributed by atoms with Gasteiger partial charge in [-0.15, -0.1) is 0 Å². The van der Waals surface area contributed by atoms with Crippen LogP contribution in [-0.4, -0.2) is 21.5 Å². The highest BCUT2D eigenvalue weighted by molar-refractivity contribution is 5.69. The zero-order chi connectivity index (χ0) is 21.6. The molecule has 0 bridgehead atoms. The zero-order valence-corrected chi connectivity index (χ0v) is 17.1. The maximum Gasteiger partial charge on any atom is 0.138 e. The molecule has 0 aliphatic heterocycles. The van der Waals surface area contributed by atoms with Gasteiger partial charge in [-0.05, 0) is 61.9 Å². The monoisotopic (exact) mass is 407 g/mol. The van der Waals surface area contributed by atoms with Gasteiger partial charge in [0.15, 0.2) is 0 Å². The Balaban J connectivity index is 1.73. The SMILES string of the molecule is Cc1cc(Oc2cc(C#N)ccc2-c2ccc(CCN)cn2)cc(-c2ccccn2)n1. The third-order valence-electron chi connectivity index (χ3n) is 4.73. The van der Waals surface area contributed by atoms with E-state index in [1.807, 2.05) is 61.7 Å². The molecule has 6 nitrogen and oxygen atoms in total. The molecule has 152 valence electrons. The van der Waals surface area contributed by atoms with E-state index in [9.17, 15) is 5.26 Å². The lowest BCUT2D eigenvalue weighted by Crippen LogP contribution is -2.03. The van der Waals surface area contributed by atoms with Gasteiger partial charge >= 0.3 is 0 Å². The molecule has 0 spiro atoms. The van der Waals surface area contributed by atoms with E-state index in [4.69, 9.17) is 10.5 Å². The van der Waals surface area contributed by atoms with Gasteiger partial charge in [0.1, 0.15) is 11.5 Å². The first-order valence-electron chi connectivity index (χ1n) is 9.94. The van der Waals surface area contributed by atoms with Crippen LogP contribution in [0.2, 0.25) is 0 Å². The average Bonchev–Trinajstić information content (AvgIpc) is 2.80. The Morgan fingerprint density at radius 2 is 1.87 bits per heavy atom. The molecule has 1 aromatic carbocycles. The summed E-state index contributed by atoms with van der Waals surface area (Å²) in [6.45, 7) is 2.48. The Bertz CT molecular complexity index is 1230. The van der Waals surface area contributed by atoms with E-state index in [0.717, 1.165) is 40.3 Å². The van der Waals surface area contributed by atoms with Crippen LogP contribution in [0, 0.1) is 18.3 Å². The van der Waals surface area contributed by atoms with E-state index in [1.165, 1.54) is 0 Å². The van der Waals surface area contributed by atoms with E-state index >= 15 is 0 Å². The molecule has 0 aliphatic carbocycles. The van der Waals surface area contributed by atoms with Crippen LogP contribution >= 0.6 is 0 Å². The smallest absolute Gasteiger partial charge is 0.138 e. The minimum Gasteiger partial charge on any atom is -0.456 e. The van der Waals surface area contributed by atoms with Crippen molar-refractivity contribution in [1.82, 2.24) is 15.0 Å². The van der Waals surface area contributed by atoms with Gasteiger partial charge in [0.2, 0.25) is 0 Å². The molecular weight excluding hydrogens is 386 g/mol. The zero-order valence-electron chi connectivity index (χ0n) is 17.1. The molecule has 6 heteroatoms. The van der Waals surface area contributed by atoms with Gasteiger partial charge in [0.25, 0.3) is 0 Å². The summed E-state index contributed by atoms with van der Waals surface area (Å²) in [5.41, 5.74) is 11.1. The van der Waals surface area contributed by atoms with Crippen molar-refractivity contribution in [3.63, 3.8) is 0 Å². The molecule has 0 saturated carbocycles. The second kappa shape index (κ2) is 9.16. The normalized spacial score (nSPS) is 10.5. The van der Waals surface area contributed by atoms with Crippen LogP contribution in [0.25, 0.3) is 22.6 Å². The van der Waals surface area contributed by atoms with Crippen molar-refractivity contribution < 1.29 is 4.74 Å². The van der Waals surface area contributed by atoms with Crippen LogP contribution in [-0.2, 0) is 6.42 Å². The molecule has 4 aromatic rings. The molecular formula is C25H21N5O. The van der Waals surface area contributed by atoms with Gasteiger partial charge in [0.05, 0.1) is 28.7 Å². The van der Waals surface area contributed by atoms with E-state index < -0.39 is 0 Å². The lowest BCUT2D eigenvalue weighted by Gasteiger charge is -2.13. The maximum atomic E-state index is 9.37. The number of nitrogens with zero attached hydrogens (tertiary/aromatic N) is 4. The summed E-state index contributed by atoms with van der Waals surface area (Å²) in [6.07, 6.45) is 4.32. The quantitative estimate of drug-likeness (QED) is 0.498. The molecule has 3 heterocycles. The fourth-order valence-corrected chi connectivity index (χ4v) is 3.25. The fourth-order valence-electron chi connectivity index (χ4n) is 3.25. The van der Waals surface area contributed by atoms with Crippen LogP contribution in [0.15, 0.2) is 73.1 Å². The van der Waals surface area contributed by atoms with Crippen molar-refractivity contribution in [3.8, 4) is 40.2 Å². The Kier molecular flexibility index (Phi) is 5.97. The maximum absolute atomic E-state index is 9.37. The van der Waals surface area contributed by atoms with Crippen LogP contribution in [0.5, 0.6) is 11.5 Å². The standard InChI is InChI=1S/C25H21N5O/c1-17-12-20(14-24(30-17)23-4-2-3-11-28-23)31-25-13-19(15-27)5-7-21(25)22-8-6-18(9-10-26)16-29-22/h2-8,11-14,16H,9-10,26H2,1H3. The van der Waals surface area contributed by atoms with Gasteiger partial charge in [-0.2, -0.15) is 5.26 Å². The number of rotatable bonds is 6. The van der Waals surface area contributed by atoms with Gasteiger partial charge in [-0.25, -0.2) is 0 Å². The summed E-state index contributed by atoms with van der Waals surface area (Å²) in [6, 6.07) is 20.8. The van der Waals surface area contributed by atoms with Crippen molar-refractivity contribution in [1.29, 1.82) is 5.26 Å². The predicted molar refractivity (Wildman–Crippen MR) is 119 cm³/mol. The van der Waals surface area contributed by atoms with E-state index in [2.05, 4.69) is 21.0 Å². The second-order valence-corrected chi connectivity index (χ2v) is 7.06. The van der Waals surface area contributed by atoms with Gasteiger partial charge < -0.3 is 10.5 Å². The molecule has 0 atom stereocenters. The number of nitrogens with two attached hydrogens (primary N) is 1. The Labute approximate surface area is 181 Å². The molecule has 0 fully saturated rings. The Morgan fingerprint density at radius 3 is 2.58 bits per heavy atom. The summed E-state index contributed by atoms with van der Waals surface area (Å²) >= 11 is 0. The third kappa shape index (κ3) is 4.74. The topological polar surface area (TPSA) is 97.7 Å². The number of nitriles is 1. The van der Waals surface area contributed by atoms with Crippen molar-refractivity contribution in [2.45, 2.75) is 13.3 Å². The fraction of sp³-hybridized carbons (Fsp3) is 0.120. The molecule has 0 radical (unpaired) electrons. The number of benzene rings is 1. The van der Waals surface area contributed by atoms with Crippen molar-refractivity contribution in [2.24, 2.45) is 5.73 Å². The highest BCUT2D eigenvalue weighted by Crippen LogP contribution is 2.34. The van der Waals surface area contributed by atoms with Gasteiger partial charge in [-0.3, -0.25) is 15.0 Å². The number of ether oxygens (including phenoxy) is 1. The number of hydrogen-bond donors (Lipinski definition) is 1. The number of aryl methyl sites for hydroxylation is 1. The number of aromatic nitrogens is 3. The summed E-state index contributed by atoms with van der Waals surface area (Å²) in [5, 5.41) is 9.37. The van der Waals surface area contributed by atoms with Crippen LogP contribution < -0.4 is 10.5 Å². The summed E-state index contributed by atoms with van der Waals surface area (Å²) in [7, 11) is 0.